The van der Waals surface area contributed by atoms with Gasteiger partial charge in [0.05, 0.1) is 25.2 Å². The van der Waals surface area contributed by atoms with Crippen molar-refractivity contribution in [2.24, 2.45) is 0 Å². The van der Waals surface area contributed by atoms with Crippen molar-refractivity contribution in [1.29, 1.82) is 0 Å². The highest BCUT2D eigenvalue weighted by atomic mass is 35.5. The van der Waals surface area contributed by atoms with Gasteiger partial charge in [-0.25, -0.2) is 13.2 Å². The molecule has 0 radical (unpaired) electrons. The lowest BCUT2D eigenvalue weighted by atomic mass is 10.0. The van der Waals surface area contributed by atoms with Crippen LogP contribution in [0.5, 0.6) is 5.75 Å². The zero-order valence-electron chi connectivity index (χ0n) is 12.3. The van der Waals surface area contributed by atoms with E-state index in [9.17, 15) is 18.0 Å². The number of fused-ring (bicyclic) bond motifs is 1. The topological polar surface area (TPSA) is 50.4 Å². The first-order valence-electron chi connectivity index (χ1n) is 7.28. The van der Waals surface area contributed by atoms with Gasteiger partial charge in [0.1, 0.15) is 11.6 Å². The number of rotatable bonds is 2. The lowest BCUT2D eigenvalue weighted by Gasteiger charge is -2.20. The molecule has 2 N–H and O–H groups in total. The van der Waals surface area contributed by atoms with Gasteiger partial charge in [0.2, 0.25) is 5.91 Å². The van der Waals surface area contributed by atoms with Gasteiger partial charge in [0.15, 0.2) is 0 Å². The Hall–Kier alpha value is -1.47. The minimum Gasteiger partial charge on any atom is -0.493 e. The summed E-state index contributed by atoms with van der Waals surface area (Å²) >= 11 is 0. The van der Waals surface area contributed by atoms with Crippen molar-refractivity contribution in [3.05, 3.63) is 29.6 Å². The van der Waals surface area contributed by atoms with Crippen LogP contribution in [0.25, 0.3) is 0 Å². The Balaban J connectivity index is 0.00000192. The standard InChI is InChI=1S/C15H17F3N2O2.ClH/c16-9-3-4-13-10(6-9)11(2-1-5-22-13)20-14(21)12-7-15(17,18)8-19-12;/h3-4,6,11-12,19H,1-2,5,7-8H2,(H,20,21);1H. The Kier molecular flexibility index (Phi) is 5.41. The number of hydrogen-bond donors (Lipinski definition) is 2. The quantitative estimate of drug-likeness (QED) is 0.862. The first-order chi connectivity index (χ1) is 10.4. The number of ether oxygens (including phenoxy) is 1. The number of carbonyl (C=O) groups excluding carboxylic acids is 1. The second kappa shape index (κ2) is 6.97. The number of carbonyl (C=O) groups is 1. The van der Waals surface area contributed by atoms with Crippen molar-refractivity contribution in [2.75, 3.05) is 13.2 Å². The van der Waals surface area contributed by atoms with Crippen molar-refractivity contribution >= 4 is 18.3 Å². The van der Waals surface area contributed by atoms with E-state index in [-0.39, 0.29) is 12.4 Å². The smallest absolute Gasteiger partial charge is 0.262 e. The molecule has 2 aliphatic rings. The van der Waals surface area contributed by atoms with Crippen LogP contribution >= 0.6 is 12.4 Å². The van der Waals surface area contributed by atoms with Crippen LogP contribution in [0.1, 0.15) is 30.9 Å². The fourth-order valence-electron chi connectivity index (χ4n) is 2.87. The summed E-state index contributed by atoms with van der Waals surface area (Å²) in [5.74, 6) is -3.25. The van der Waals surface area contributed by atoms with Crippen molar-refractivity contribution in [3.63, 3.8) is 0 Å². The molecule has 0 aliphatic carbocycles. The molecule has 2 aliphatic heterocycles. The summed E-state index contributed by atoms with van der Waals surface area (Å²) in [6.45, 7) is -0.0190. The van der Waals surface area contributed by atoms with E-state index < -0.39 is 42.7 Å². The number of benzene rings is 1. The lowest BCUT2D eigenvalue weighted by Crippen LogP contribution is -2.42. The first-order valence-corrected chi connectivity index (χ1v) is 7.28. The molecule has 0 bridgehead atoms. The molecule has 1 aromatic carbocycles. The fraction of sp³-hybridized carbons (Fsp3) is 0.533. The third kappa shape index (κ3) is 4.09. The highest BCUT2D eigenvalue weighted by molar-refractivity contribution is 5.85. The third-order valence-electron chi connectivity index (χ3n) is 3.98. The van der Waals surface area contributed by atoms with E-state index in [0.717, 1.165) is 0 Å². The zero-order valence-corrected chi connectivity index (χ0v) is 13.1. The largest absolute Gasteiger partial charge is 0.493 e. The fourth-order valence-corrected chi connectivity index (χ4v) is 2.87. The highest BCUT2D eigenvalue weighted by Crippen LogP contribution is 2.32. The predicted octanol–water partition coefficient (Wildman–Crippen LogP) is 2.57. The van der Waals surface area contributed by atoms with Crippen LogP contribution in [0, 0.1) is 5.82 Å². The second-order valence-electron chi connectivity index (χ2n) is 5.73. The van der Waals surface area contributed by atoms with Crippen LogP contribution in [-0.4, -0.2) is 31.0 Å². The average Bonchev–Trinajstić information content (AvgIpc) is 2.72. The third-order valence-corrected chi connectivity index (χ3v) is 3.98. The summed E-state index contributed by atoms with van der Waals surface area (Å²) in [6.07, 6.45) is 0.749. The van der Waals surface area contributed by atoms with Crippen LogP contribution in [0.3, 0.4) is 0 Å². The van der Waals surface area contributed by atoms with E-state index in [1.165, 1.54) is 18.2 Å². The molecule has 1 amide bonds. The van der Waals surface area contributed by atoms with Gasteiger partial charge in [0, 0.05) is 12.0 Å². The molecule has 2 atom stereocenters. The van der Waals surface area contributed by atoms with Crippen LogP contribution in [0.2, 0.25) is 0 Å². The molecule has 23 heavy (non-hydrogen) atoms. The van der Waals surface area contributed by atoms with E-state index >= 15 is 0 Å². The zero-order chi connectivity index (χ0) is 15.7. The number of hydrogen-bond acceptors (Lipinski definition) is 3. The summed E-state index contributed by atoms with van der Waals surface area (Å²) in [4.78, 5) is 12.2. The maximum Gasteiger partial charge on any atom is 0.262 e. The van der Waals surface area contributed by atoms with Gasteiger partial charge in [-0.1, -0.05) is 0 Å². The molecule has 2 heterocycles. The summed E-state index contributed by atoms with van der Waals surface area (Å²) in [5, 5.41) is 5.26. The Morgan fingerprint density at radius 3 is 2.87 bits per heavy atom. The van der Waals surface area contributed by atoms with E-state index in [4.69, 9.17) is 4.74 Å². The molecule has 2 unspecified atom stereocenters. The van der Waals surface area contributed by atoms with Gasteiger partial charge in [-0.15, -0.1) is 12.4 Å². The molecule has 4 nitrogen and oxygen atoms in total. The van der Waals surface area contributed by atoms with Crippen LogP contribution in [-0.2, 0) is 4.79 Å². The van der Waals surface area contributed by atoms with E-state index in [2.05, 4.69) is 10.6 Å². The van der Waals surface area contributed by atoms with Crippen LogP contribution in [0.4, 0.5) is 13.2 Å². The number of amides is 1. The molecule has 8 heteroatoms. The molecule has 0 aromatic heterocycles. The molecule has 1 saturated heterocycles. The molecule has 1 aromatic rings. The minimum absolute atomic E-state index is 0. The van der Waals surface area contributed by atoms with E-state index in [1.54, 1.807) is 0 Å². The lowest BCUT2D eigenvalue weighted by molar-refractivity contribution is -0.124. The van der Waals surface area contributed by atoms with Crippen molar-refractivity contribution in [3.8, 4) is 5.75 Å². The summed E-state index contributed by atoms with van der Waals surface area (Å²) < 4.78 is 45.3. The summed E-state index contributed by atoms with van der Waals surface area (Å²) in [7, 11) is 0. The van der Waals surface area contributed by atoms with Gasteiger partial charge in [0.25, 0.3) is 5.92 Å². The van der Waals surface area contributed by atoms with E-state index in [0.29, 0.717) is 30.8 Å². The number of alkyl halides is 2. The Bertz CT molecular complexity index is 586. The molecule has 0 saturated carbocycles. The summed E-state index contributed by atoms with van der Waals surface area (Å²) in [5.41, 5.74) is 0.551. The van der Waals surface area contributed by atoms with Gasteiger partial charge < -0.3 is 10.1 Å². The summed E-state index contributed by atoms with van der Waals surface area (Å²) in [6, 6.07) is 2.79. The molecular weight excluding hydrogens is 333 g/mol. The van der Waals surface area contributed by atoms with E-state index in [1.807, 2.05) is 0 Å². The maximum atomic E-state index is 13.5. The van der Waals surface area contributed by atoms with Gasteiger partial charge in [-0.05, 0) is 31.0 Å². The Morgan fingerprint density at radius 1 is 1.39 bits per heavy atom. The van der Waals surface area contributed by atoms with Gasteiger partial charge in [-0.2, -0.15) is 0 Å². The van der Waals surface area contributed by atoms with Crippen LogP contribution < -0.4 is 15.4 Å². The number of halogens is 4. The molecule has 1 fully saturated rings. The Labute approximate surface area is 138 Å². The predicted molar refractivity (Wildman–Crippen MR) is 80.6 cm³/mol. The van der Waals surface area contributed by atoms with Crippen molar-refractivity contribution in [1.82, 2.24) is 10.6 Å². The SMILES string of the molecule is Cl.O=C(NC1CCCOc2ccc(F)cc21)C1CC(F)(F)CN1. The highest BCUT2D eigenvalue weighted by Gasteiger charge is 2.42. The molecule has 3 rings (SSSR count). The first kappa shape index (κ1) is 17.9. The van der Waals surface area contributed by atoms with Crippen molar-refractivity contribution < 1.29 is 22.7 Å². The maximum absolute atomic E-state index is 13.5. The number of nitrogens with one attached hydrogen (secondary N) is 2. The average molecular weight is 351 g/mol. The second-order valence-corrected chi connectivity index (χ2v) is 5.73. The monoisotopic (exact) mass is 350 g/mol. The molecule has 0 spiro atoms. The minimum atomic E-state index is -2.86. The van der Waals surface area contributed by atoms with Crippen LogP contribution in [0.15, 0.2) is 18.2 Å². The van der Waals surface area contributed by atoms with Gasteiger partial charge >= 0.3 is 0 Å². The normalized spacial score (nSPS) is 25.5. The Morgan fingerprint density at radius 2 is 2.17 bits per heavy atom. The molecular formula is C15H18ClF3N2O2. The van der Waals surface area contributed by atoms with Crippen molar-refractivity contribution in [2.45, 2.75) is 37.3 Å². The van der Waals surface area contributed by atoms with Gasteiger partial charge in [-0.3, -0.25) is 10.1 Å². The molecule has 128 valence electrons.